The molecule has 0 fully saturated rings. The molecule has 2 aromatic heterocycles. The van der Waals surface area contributed by atoms with Crippen LogP contribution in [-0.4, -0.2) is 36.1 Å². The number of aromatic nitrogens is 2. The Kier molecular flexibility index (Phi) is 6.42. The van der Waals surface area contributed by atoms with Gasteiger partial charge in [0.2, 0.25) is 0 Å². The highest BCUT2D eigenvalue weighted by molar-refractivity contribution is 6.12. The van der Waals surface area contributed by atoms with Crippen molar-refractivity contribution in [3.63, 3.8) is 0 Å². The maximum atomic E-state index is 13.3. The number of hydrogen-bond donors (Lipinski definition) is 0. The van der Waals surface area contributed by atoms with Crippen LogP contribution in [0.25, 0.3) is 11.1 Å². The summed E-state index contributed by atoms with van der Waals surface area (Å²) in [5.74, 6) is 2.15. The van der Waals surface area contributed by atoms with Crippen LogP contribution in [0.5, 0.6) is 5.75 Å². The lowest BCUT2D eigenvalue weighted by Gasteiger charge is -2.22. The Labute approximate surface area is 212 Å². The number of rotatable bonds is 6. The van der Waals surface area contributed by atoms with Gasteiger partial charge in [-0.1, -0.05) is 35.9 Å². The van der Waals surface area contributed by atoms with E-state index >= 15 is 0 Å². The molecule has 0 atom stereocenters. The third kappa shape index (κ3) is 4.42. The summed E-state index contributed by atoms with van der Waals surface area (Å²) in [5, 5.41) is 0. The molecule has 6 heteroatoms. The standard InChI is InChI=1S/C30H30N4O2/c1-5-34-28-25(30(35)33(4)26-7-6-15-31-29(26)34)18-22(19-32-28)14-16-36-27-13-12-24(17-21(27)3)23-10-8-20(2)9-11-23/h6-13,15,17-19H,5,14,16H2,1-4H3. The Hall–Kier alpha value is -4.19. The second-order valence-electron chi connectivity index (χ2n) is 9.11. The van der Waals surface area contributed by atoms with Crippen molar-refractivity contribution in [2.45, 2.75) is 27.2 Å². The lowest BCUT2D eigenvalue weighted by Crippen LogP contribution is -2.25. The number of amides is 1. The van der Waals surface area contributed by atoms with Crippen molar-refractivity contribution in [3.8, 4) is 16.9 Å². The molecule has 2 aromatic carbocycles. The molecule has 0 bridgehead atoms. The van der Waals surface area contributed by atoms with Crippen molar-refractivity contribution in [2.75, 3.05) is 30.0 Å². The fourth-order valence-corrected chi connectivity index (χ4v) is 4.57. The highest BCUT2D eigenvalue weighted by atomic mass is 16.5. The number of hydrogen-bond acceptors (Lipinski definition) is 5. The third-order valence-corrected chi connectivity index (χ3v) is 6.62. The van der Waals surface area contributed by atoms with E-state index in [9.17, 15) is 4.79 Å². The lowest BCUT2D eigenvalue weighted by molar-refractivity contribution is 0.0994. The molecule has 4 aromatic rings. The topological polar surface area (TPSA) is 58.6 Å². The first kappa shape index (κ1) is 23.5. The van der Waals surface area contributed by atoms with Crippen molar-refractivity contribution in [1.29, 1.82) is 0 Å². The van der Waals surface area contributed by atoms with Crippen LogP contribution in [0.3, 0.4) is 0 Å². The van der Waals surface area contributed by atoms with Gasteiger partial charge in [0.1, 0.15) is 11.6 Å². The first-order chi connectivity index (χ1) is 17.5. The highest BCUT2D eigenvalue weighted by Crippen LogP contribution is 2.37. The van der Waals surface area contributed by atoms with Gasteiger partial charge in [0.15, 0.2) is 5.82 Å². The van der Waals surface area contributed by atoms with Gasteiger partial charge in [0.05, 0.1) is 17.9 Å². The van der Waals surface area contributed by atoms with Gasteiger partial charge in [-0.25, -0.2) is 9.97 Å². The molecule has 3 heterocycles. The number of fused-ring (bicyclic) bond motifs is 2. The summed E-state index contributed by atoms with van der Waals surface area (Å²) in [7, 11) is 1.78. The number of carbonyl (C=O) groups is 1. The van der Waals surface area contributed by atoms with E-state index in [0.29, 0.717) is 31.0 Å². The summed E-state index contributed by atoms with van der Waals surface area (Å²) < 4.78 is 6.12. The van der Waals surface area contributed by atoms with E-state index in [-0.39, 0.29) is 5.91 Å². The number of aryl methyl sites for hydroxylation is 2. The number of anilines is 3. The Morgan fingerprint density at radius 2 is 1.69 bits per heavy atom. The SMILES string of the molecule is CCN1c2ncc(CCOc3ccc(-c4ccc(C)cc4)cc3C)cc2C(=O)N(C)c2cccnc21. The van der Waals surface area contributed by atoms with Crippen molar-refractivity contribution in [2.24, 2.45) is 0 Å². The van der Waals surface area contributed by atoms with E-state index in [4.69, 9.17) is 9.72 Å². The number of carbonyl (C=O) groups excluding carboxylic acids is 1. The molecule has 1 aliphatic heterocycles. The van der Waals surface area contributed by atoms with E-state index in [0.717, 1.165) is 28.4 Å². The minimum Gasteiger partial charge on any atom is -0.493 e. The molecule has 0 radical (unpaired) electrons. The Morgan fingerprint density at radius 3 is 2.44 bits per heavy atom. The average Bonchev–Trinajstić information content (AvgIpc) is 2.98. The van der Waals surface area contributed by atoms with Gasteiger partial charge < -0.3 is 14.5 Å². The first-order valence-corrected chi connectivity index (χ1v) is 12.3. The Morgan fingerprint density at radius 1 is 0.917 bits per heavy atom. The summed E-state index contributed by atoms with van der Waals surface area (Å²) in [6, 6.07) is 20.5. The van der Waals surface area contributed by atoms with E-state index in [2.05, 4.69) is 55.2 Å². The molecule has 0 saturated carbocycles. The maximum absolute atomic E-state index is 13.3. The molecule has 0 N–H and O–H groups in total. The van der Waals surface area contributed by atoms with Gasteiger partial charge in [-0.05, 0) is 73.4 Å². The maximum Gasteiger partial charge on any atom is 0.261 e. The Bertz CT molecular complexity index is 1420. The largest absolute Gasteiger partial charge is 0.493 e. The number of ether oxygens (including phenoxy) is 1. The van der Waals surface area contributed by atoms with Crippen molar-refractivity contribution in [3.05, 3.63) is 95.3 Å². The van der Waals surface area contributed by atoms with Crippen LogP contribution in [0.15, 0.2) is 73.1 Å². The zero-order valence-electron chi connectivity index (χ0n) is 21.2. The predicted molar refractivity (Wildman–Crippen MR) is 144 cm³/mol. The van der Waals surface area contributed by atoms with E-state index in [1.807, 2.05) is 42.3 Å². The van der Waals surface area contributed by atoms with Crippen molar-refractivity contribution >= 4 is 23.2 Å². The molecule has 36 heavy (non-hydrogen) atoms. The molecule has 0 saturated heterocycles. The third-order valence-electron chi connectivity index (χ3n) is 6.62. The summed E-state index contributed by atoms with van der Waals surface area (Å²) in [6.45, 7) is 7.35. The molecule has 6 nitrogen and oxygen atoms in total. The van der Waals surface area contributed by atoms with Crippen LogP contribution in [0, 0.1) is 13.8 Å². The van der Waals surface area contributed by atoms with Crippen LogP contribution in [0.1, 0.15) is 34.0 Å². The summed E-state index contributed by atoms with van der Waals surface area (Å²) in [5.41, 5.74) is 7.02. The summed E-state index contributed by atoms with van der Waals surface area (Å²) in [6.07, 6.45) is 4.22. The van der Waals surface area contributed by atoms with Gasteiger partial charge in [-0.3, -0.25) is 4.79 Å². The van der Waals surface area contributed by atoms with Gasteiger partial charge in [-0.2, -0.15) is 0 Å². The fourth-order valence-electron chi connectivity index (χ4n) is 4.57. The molecule has 182 valence electrons. The molecule has 0 aliphatic carbocycles. The number of benzene rings is 2. The smallest absolute Gasteiger partial charge is 0.261 e. The minimum atomic E-state index is -0.0898. The summed E-state index contributed by atoms with van der Waals surface area (Å²) >= 11 is 0. The first-order valence-electron chi connectivity index (χ1n) is 12.3. The average molecular weight is 479 g/mol. The summed E-state index contributed by atoms with van der Waals surface area (Å²) in [4.78, 5) is 26.2. The van der Waals surface area contributed by atoms with Gasteiger partial charge in [0, 0.05) is 32.4 Å². The quantitative estimate of drug-likeness (QED) is 0.334. The fraction of sp³-hybridized carbons (Fsp3) is 0.233. The second-order valence-corrected chi connectivity index (χ2v) is 9.11. The monoisotopic (exact) mass is 478 g/mol. The van der Waals surface area contributed by atoms with Gasteiger partial charge in [0.25, 0.3) is 5.91 Å². The predicted octanol–water partition coefficient (Wildman–Crippen LogP) is 6.13. The van der Waals surface area contributed by atoms with Crippen molar-refractivity contribution < 1.29 is 9.53 Å². The number of pyridine rings is 2. The van der Waals surface area contributed by atoms with E-state index in [1.165, 1.54) is 16.7 Å². The normalized spacial score (nSPS) is 12.7. The van der Waals surface area contributed by atoms with E-state index < -0.39 is 0 Å². The van der Waals surface area contributed by atoms with Crippen LogP contribution in [0.4, 0.5) is 17.3 Å². The lowest BCUT2D eigenvalue weighted by atomic mass is 10.0. The van der Waals surface area contributed by atoms with Crippen LogP contribution >= 0.6 is 0 Å². The molecule has 1 aliphatic rings. The van der Waals surface area contributed by atoms with Crippen LogP contribution in [0.2, 0.25) is 0 Å². The molecule has 0 spiro atoms. The Balaban J connectivity index is 1.32. The highest BCUT2D eigenvalue weighted by Gasteiger charge is 2.30. The van der Waals surface area contributed by atoms with Crippen molar-refractivity contribution in [1.82, 2.24) is 9.97 Å². The van der Waals surface area contributed by atoms with Gasteiger partial charge in [-0.15, -0.1) is 0 Å². The molecular weight excluding hydrogens is 448 g/mol. The molecule has 1 amide bonds. The molecule has 5 rings (SSSR count). The van der Waals surface area contributed by atoms with Crippen LogP contribution < -0.4 is 14.5 Å². The second kappa shape index (κ2) is 9.82. The van der Waals surface area contributed by atoms with Crippen LogP contribution in [-0.2, 0) is 6.42 Å². The zero-order valence-corrected chi connectivity index (χ0v) is 21.2. The zero-order chi connectivity index (χ0) is 25.2. The minimum absolute atomic E-state index is 0.0898. The molecular formula is C30H30N4O2. The van der Waals surface area contributed by atoms with E-state index in [1.54, 1.807) is 18.1 Å². The van der Waals surface area contributed by atoms with Gasteiger partial charge >= 0.3 is 0 Å². The number of nitrogens with zero attached hydrogens (tertiary/aromatic N) is 4. The molecule has 0 unspecified atom stereocenters.